The maximum absolute atomic E-state index is 13.5. The van der Waals surface area contributed by atoms with Gasteiger partial charge in [-0.25, -0.2) is 9.18 Å². The van der Waals surface area contributed by atoms with E-state index in [0.29, 0.717) is 0 Å². The molecule has 0 spiro atoms. The second-order valence-electron chi connectivity index (χ2n) is 4.29. The maximum Gasteiger partial charge on any atom is 0.329 e. The first kappa shape index (κ1) is 14.9. The molecule has 19 heavy (non-hydrogen) atoms. The van der Waals surface area contributed by atoms with Gasteiger partial charge in [0.2, 0.25) is 0 Å². The SMILES string of the molecule is CCC(C)(NC(=O)c1ccc(OC)c(F)c1)C(=O)O. The molecule has 1 aromatic carbocycles. The Morgan fingerprint density at radius 2 is 2.11 bits per heavy atom. The molecule has 0 fully saturated rings. The zero-order valence-corrected chi connectivity index (χ0v) is 11.0. The monoisotopic (exact) mass is 269 g/mol. The van der Waals surface area contributed by atoms with Crippen LogP contribution >= 0.6 is 0 Å². The highest BCUT2D eigenvalue weighted by Crippen LogP contribution is 2.18. The fourth-order valence-corrected chi connectivity index (χ4v) is 1.42. The van der Waals surface area contributed by atoms with E-state index in [-0.39, 0.29) is 17.7 Å². The Bertz CT molecular complexity index is 503. The third kappa shape index (κ3) is 3.21. The second-order valence-corrected chi connectivity index (χ2v) is 4.29. The molecule has 0 radical (unpaired) electrons. The van der Waals surface area contributed by atoms with Crippen LogP contribution in [0.4, 0.5) is 4.39 Å². The van der Waals surface area contributed by atoms with Gasteiger partial charge in [0.15, 0.2) is 11.6 Å². The number of nitrogens with one attached hydrogen (secondary N) is 1. The molecule has 5 nitrogen and oxygen atoms in total. The van der Waals surface area contributed by atoms with E-state index in [4.69, 9.17) is 9.84 Å². The molecule has 0 aliphatic rings. The molecular weight excluding hydrogens is 253 g/mol. The third-order valence-electron chi connectivity index (χ3n) is 2.98. The number of methoxy groups -OCH3 is 1. The lowest BCUT2D eigenvalue weighted by molar-refractivity contribution is -0.143. The Balaban J connectivity index is 2.95. The van der Waals surface area contributed by atoms with Gasteiger partial charge in [-0.1, -0.05) is 6.92 Å². The normalized spacial score (nSPS) is 13.5. The van der Waals surface area contributed by atoms with E-state index in [1.54, 1.807) is 6.92 Å². The van der Waals surface area contributed by atoms with Crippen molar-refractivity contribution in [2.45, 2.75) is 25.8 Å². The van der Waals surface area contributed by atoms with Gasteiger partial charge in [0.05, 0.1) is 7.11 Å². The van der Waals surface area contributed by atoms with Crippen molar-refractivity contribution in [1.29, 1.82) is 0 Å². The van der Waals surface area contributed by atoms with Gasteiger partial charge in [-0.2, -0.15) is 0 Å². The van der Waals surface area contributed by atoms with Crippen LogP contribution < -0.4 is 10.1 Å². The molecule has 104 valence electrons. The minimum atomic E-state index is -1.38. The van der Waals surface area contributed by atoms with Gasteiger partial charge in [-0.15, -0.1) is 0 Å². The van der Waals surface area contributed by atoms with Crippen LogP contribution in [0.2, 0.25) is 0 Å². The number of amides is 1. The summed E-state index contributed by atoms with van der Waals surface area (Å²) >= 11 is 0. The highest BCUT2D eigenvalue weighted by Gasteiger charge is 2.33. The second kappa shape index (κ2) is 5.69. The maximum atomic E-state index is 13.5. The molecule has 0 heterocycles. The summed E-state index contributed by atoms with van der Waals surface area (Å²) < 4.78 is 18.2. The average molecular weight is 269 g/mol. The van der Waals surface area contributed by atoms with Gasteiger partial charge in [-0.3, -0.25) is 4.79 Å². The van der Waals surface area contributed by atoms with Gasteiger partial charge in [0, 0.05) is 5.56 Å². The van der Waals surface area contributed by atoms with Crippen LogP contribution in [0.15, 0.2) is 18.2 Å². The number of carbonyl (C=O) groups is 2. The molecule has 2 N–H and O–H groups in total. The van der Waals surface area contributed by atoms with Crippen molar-refractivity contribution < 1.29 is 23.8 Å². The largest absolute Gasteiger partial charge is 0.494 e. The Kier molecular flexibility index (Phi) is 4.47. The summed E-state index contributed by atoms with van der Waals surface area (Å²) in [6.45, 7) is 3.04. The molecule has 0 aliphatic carbocycles. The lowest BCUT2D eigenvalue weighted by atomic mass is 9.98. The fraction of sp³-hybridized carbons (Fsp3) is 0.385. The lowest BCUT2D eigenvalue weighted by Gasteiger charge is -2.24. The zero-order chi connectivity index (χ0) is 14.6. The standard InChI is InChI=1S/C13H16FNO4/c1-4-13(2,12(17)18)15-11(16)8-5-6-10(19-3)9(14)7-8/h5-7H,4H2,1-3H3,(H,15,16)(H,17,18). The number of carbonyl (C=O) groups excluding carboxylic acids is 1. The highest BCUT2D eigenvalue weighted by molar-refractivity contribution is 5.97. The Hall–Kier alpha value is -2.11. The predicted octanol–water partition coefficient (Wildman–Crippen LogP) is 1.82. The Morgan fingerprint density at radius 1 is 1.47 bits per heavy atom. The number of ether oxygens (including phenoxy) is 1. The number of benzene rings is 1. The van der Waals surface area contributed by atoms with Crippen LogP contribution in [0.25, 0.3) is 0 Å². The number of hydrogen-bond donors (Lipinski definition) is 2. The van der Waals surface area contributed by atoms with Crippen LogP contribution in [-0.4, -0.2) is 29.6 Å². The smallest absolute Gasteiger partial charge is 0.329 e. The Morgan fingerprint density at radius 3 is 2.53 bits per heavy atom. The van der Waals surface area contributed by atoms with Crippen molar-refractivity contribution >= 4 is 11.9 Å². The number of hydrogen-bond acceptors (Lipinski definition) is 3. The highest BCUT2D eigenvalue weighted by atomic mass is 19.1. The molecule has 1 amide bonds. The van der Waals surface area contributed by atoms with E-state index in [0.717, 1.165) is 6.07 Å². The summed E-state index contributed by atoms with van der Waals surface area (Å²) in [6, 6.07) is 3.69. The van der Waals surface area contributed by atoms with E-state index in [2.05, 4.69) is 5.32 Å². The van der Waals surface area contributed by atoms with Crippen LogP contribution in [0, 0.1) is 5.82 Å². The lowest BCUT2D eigenvalue weighted by Crippen LogP contribution is -2.51. The number of halogens is 1. The summed E-state index contributed by atoms with van der Waals surface area (Å²) in [7, 11) is 1.32. The molecular formula is C13H16FNO4. The molecule has 1 atom stereocenters. The molecule has 1 unspecified atom stereocenters. The van der Waals surface area contributed by atoms with Crippen LogP contribution in [0.3, 0.4) is 0 Å². The first-order chi connectivity index (χ1) is 8.84. The minimum absolute atomic E-state index is 0.0213. The Labute approximate surface area is 110 Å². The number of aliphatic carboxylic acids is 1. The quantitative estimate of drug-likeness (QED) is 0.855. The van der Waals surface area contributed by atoms with Crippen LogP contribution in [0.1, 0.15) is 30.6 Å². The van der Waals surface area contributed by atoms with Gasteiger partial charge in [0.1, 0.15) is 5.54 Å². The molecule has 0 saturated heterocycles. The molecule has 1 aromatic rings. The summed E-state index contributed by atoms with van der Waals surface area (Å²) in [5, 5.41) is 11.4. The van der Waals surface area contributed by atoms with E-state index in [1.165, 1.54) is 26.2 Å². The van der Waals surface area contributed by atoms with Crippen molar-refractivity contribution in [1.82, 2.24) is 5.32 Å². The van der Waals surface area contributed by atoms with Gasteiger partial charge >= 0.3 is 5.97 Å². The third-order valence-corrected chi connectivity index (χ3v) is 2.98. The summed E-state index contributed by atoms with van der Waals surface area (Å²) in [6.07, 6.45) is 0.215. The molecule has 0 saturated carbocycles. The zero-order valence-electron chi connectivity index (χ0n) is 11.0. The van der Waals surface area contributed by atoms with Crippen molar-refractivity contribution in [3.8, 4) is 5.75 Å². The van der Waals surface area contributed by atoms with Gasteiger partial charge < -0.3 is 15.2 Å². The average Bonchev–Trinajstić information content (AvgIpc) is 2.38. The van der Waals surface area contributed by atoms with Crippen molar-refractivity contribution in [2.75, 3.05) is 7.11 Å². The molecule has 0 aliphatic heterocycles. The van der Waals surface area contributed by atoms with Crippen molar-refractivity contribution in [2.24, 2.45) is 0 Å². The molecule has 0 bridgehead atoms. The van der Waals surface area contributed by atoms with E-state index < -0.39 is 23.2 Å². The molecule has 0 aromatic heterocycles. The van der Waals surface area contributed by atoms with Gasteiger partial charge in [-0.05, 0) is 31.5 Å². The van der Waals surface area contributed by atoms with E-state index in [1.807, 2.05) is 0 Å². The first-order valence-electron chi connectivity index (χ1n) is 5.73. The van der Waals surface area contributed by atoms with E-state index >= 15 is 0 Å². The number of rotatable bonds is 5. The summed E-state index contributed by atoms with van der Waals surface area (Å²) in [5.41, 5.74) is -1.34. The van der Waals surface area contributed by atoms with Crippen LogP contribution in [0.5, 0.6) is 5.75 Å². The van der Waals surface area contributed by atoms with E-state index in [9.17, 15) is 14.0 Å². The molecule has 6 heteroatoms. The summed E-state index contributed by atoms with van der Waals surface area (Å²) in [5.74, 6) is -2.44. The first-order valence-corrected chi connectivity index (χ1v) is 5.73. The summed E-state index contributed by atoms with van der Waals surface area (Å²) in [4.78, 5) is 23.0. The molecule has 1 rings (SSSR count). The number of carboxylic acids is 1. The van der Waals surface area contributed by atoms with Crippen molar-refractivity contribution in [3.63, 3.8) is 0 Å². The topological polar surface area (TPSA) is 75.6 Å². The van der Waals surface area contributed by atoms with Gasteiger partial charge in [0.25, 0.3) is 5.91 Å². The number of carboxylic acid groups (broad SMARTS) is 1. The van der Waals surface area contributed by atoms with Crippen LogP contribution in [-0.2, 0) is 4.79 Å². The fourth-order valence-electron chi connectivity index (χ4n) is 1.42. The minimum Gasteiger partial charge on any atom is -0.494 e. The predicted molar refractivity (Wildman–Crippen MR) is 66.8 cm³/mol. The van der Waals surface area contributed by atoms with Crippen molar-refractivity contribution in [3.05, 3.63) is 29.6 Å².